The van der Waals surface area contributed by atoms with Crippen LogP contribution in [0.4, 0.5) is 0 Å². The van der Waals surface area contributed by atoms with Crippen molar-refractivity contribution >= 4 is 0 Å². The van der Waals surface area contributed by atoms with Gasteiger partial charge in [0.15, 0.2) is 0 Å². The number of ether oxygens (including phenoxy) is 2. The normalized spacial score (nSPS) is 18.3. The van der Waals surface area contributed by atoms with E-state index in [1.54, 1.807) is 6.42 Å². The molecule has 2 heteroatoms. The van der Waals surface area contributed by atoms with Crippen molar-refractivity contribution in [3.8, 4) is 0 Å². The number of hydrogen-bond donors (Lipinski definition) is 0. The zero-order valence-corrected chi connectivity index (χ0v) is 53.5. The van der Waals surface area contributed by atoms with Crippen LogP contribution >= 0.6 is 0 Å². The lowest BCUT2D eigenvalue weighted by Gasteiger charge is -2.18. The minimum Gasteiger partial charge on any atom is -0.382 e. The molecule has 0 N–H and O–H groups in total. The highest BCUT2D eigenvalue weighted by molar-refractivity contribution is 4.92. The summed E-state index contributed by atoms with van der Waals surface area (Å²) in [6.07, 6.45) is 39.6. The summed E-state index contributed by atoms with van der Waals surface area (Å²) in [5.41, 5.74) is 1.31. The minimum atomic E-state index is 0.500. The molecule has 0 aromatic carbocycles. The van der Waals surface area contributed by atoms with Crippen molar-refractivity contribution in [1.29, 1.82) is 0 Å². The molecule has 0 aromatic rings. The summed E-state index contributed by atoms with van der Waals surface area (Å²) in [5.74, 6) is 6.64. The second-order valence-electron chi connectivity index (χ2n) is 24.6. The van der Waals surface area contributed by atoms with Crippen LogP contribution in [0.2, 0.25) is 0 Å². The minimum absolute atomic E-state index is 0.500. The fraction of sp³-hybridized carbons (Fsp3) is 1.00. The van der Waals surface area contributed by atoms with Crippen molar-refractivity contribution in [2.75, 3.05) is 26.4 Å². The van der Waals surface area contributed by atoms with E-state index in [1.807, 2.05) is 20.8 Å². The van der Waals surface area contributed by atoms with Crippen molar-refractivity contribution in [3.63, 3.8) is 0 Å². The molecule has 4 rings (SSSR count). The Kier molecular flexibility index (Phi) is 78.3. The van der Waals surface area contributed by atoms with Crippen LogP contribution < -0.4 is 0 Å². The van der Waals surface area contributed by atoms with Crippen LogP contribution in [0.3, 0.4) is 0 Å². The van der Waals surface area contributed by atoms with E-state index in [2.05, 4.69) is 152 Å². The maximum absolute atomic E-state index is 5.53. The first-order chi connectivity index (χ1) is 32.0. The molecule has 1 unspecified atom stereocenters. The van der Waals surface area contributed by atoms with Crippen molar-refractivity contribution < 1.29 is 9.47 Å². The second kappa shape index (κ2) is 64.9. The zero-order chi connectivity index (χ0) is 54.1. The molecule has 0 radical (unpaired) electrons. The van der Waals surface area contributed by atoms with Gasteiger partial charge in [-0.2, -0.15) is 0 Å². The topological polar surface area (TPSA) is 18.5 Å². The first kappa shape index (κ1) is 82.0. The summed E-state index contributed by atoms with van der Waals surface area (Å²) >= 11 is 0. The van der Waals surface area contributed by atoms with E-state index < -0.39 is 0 Å². The van der Waals surface area contributed by atoms with Gasteiger partial charge in [0.05, 0.1) is 0 Å². The fourth-order valence-corrected chi connectivity index (χ4v) is 7.75. The Morgan fingerprint density at radius 3 is 1.04 bits per heavy atom. The number of rotatable bonds is 18. The maximum Gasteiger partial charge on any atom is 0.0494 e. The van der Waals surface area contributed by atoms with E-state index in [-0.39, 0.29) is 0 Å². The molecule has 0 aliphatic heterocycles. The van der Waals surface area contributed by atoms with Gasteiger partial charge in [0.1, 0.15) is 0 Å². The SMILES string of the molecule is CC.CC(C)(C)C.CC(C)C.CC12CCC(CC1)C2.CC1CCCC1.CC1CCCCC1.CCC(C)C.CCCC(C)C.CCCCC(CC)COCCC.CCCCCCC.CCCOCC. The first-order valence-corrected chi connectivity index (χ1v) is 31.2. The Balaban J connectivity index is -0.000000123. The van der Waals surface area contributed by atoms with Gasteiger partial charge in [-0.3, -0.25) is 0 Å². The van der Waals surface area contributed by atoms with E-state index in [9.17, 15) is 0 Å². The first-order valence-electron chi connectivity index (χ1n) is 31.2. The molecule has 2 bridgehead atoms. The largest absolute Gasteiger partial charge is 0.382 e. The zero-order valence-electron chi connectivity index (χ0n) is 53.5. The molecule has 0 amide bonds. The number of hydrogen-bond acceptors (Lipinski definition) is 2. The highest BCUT2D eigenvalue weighted by Gasteiger charge is 2.40. The van der Waals surface area contributed by atoms with Crippen molar-refractivity contribution in [3.05, 3.63) is 0 Å². The Bertz CT molecular complexity index is 772. The third kappa shape index (κ3) is 92.1. The Morgan fingerprint density at radius 1 is 0.485 bits per heavy atom. The van der Waals surface area contributed by atoms with Gasteiger partial charge in [0.25, 0.3) is 0 Å². The van der Waals surface area contributed by atoms with Crippen LogP contribution in [0.5, 0.6) is 0 Å². The summed E-state index contributed by atoms with van der Waals surface area (Å²) in [6, 6.07) is 0. The predicted molar refractivity (Wildman–Crippen MR) is 322 cm³/mol. The third-order valence-electron chi connectivity index (χ3n) is 12.3. The van der Waals surface area contributed by atoms with E-state index >= 15 is 0 Å². The van der Waals surface area contributed by atoms with Crippen molar-refractivity contribution in [2.45, 2.75) is 353 Å². The van der Waals surface area contributed by atoms with Gasteiger partial charge in [0.2, 0.25) is 0 Å². The molecule has 4 aliphatic carbocycles. The van der Waals surface area contributed by atoms with E-state index in [0.29, 0.717) is 5.41 Å². The lowest BCUT2D eigenvalue weighted by Crippen LogP contribution is -2.09. The predicted octanol–water partition coefficient (Wildman–Crippen LogP) is 24.6. The van der Waals surface area contributed by atoms with Gasteiger partial charge in [-0.05, 0) is 111 Å². The number of fused-ring (bicyclic) bond motifs is 2. The van der Waals surface area contributed by atoms with Gasteiger partial charge < -0.3 is 9.47 Å². The molecule has 0 aromatic heterocycles. The van der Waals surface area contributed by atoms with Gasteiger partial charge in [-0.25, -0.2) is 0 Å². The van der Waals surface area contributed by atoms with Crippen LogP contribution in [-0.2, 0) is 9.47 Å². The molecule has 4 aliphatic rings. The number of unbranched alkanes of at least 4 members (excludes halogenated alkanes) is 5. The molecule has 1 atom stereocenters. The molecule has 68 heavy (non-hydrogen) atoms. The van der Waals surface area contributed by atoms with Gasteiger partial charge >= 0.3 is 0 Å². The third-order valence-corrected chi connectivity index (χ3v) is 12.3. The molecule has 4 saturated carbocycles. The average molecular weight is 972 g/mol. The van der Waals surface area contributed by atoms with Crippen LogP contribution in [0.25, 0.3) is 0 Å². The lowest BCUT2D eigenvalue weighted by atomic mass is 9.87. The average Bonchev–Trinajstić information content (AvgIpc) is 4.03. The van der Waals surface area contributed by atoms with E-state index in [4.69, 9.17) is 9.47 Å². The van der Waals surface area contributed by atoms with Gasteiger partial charge in [0, 0.05) is 26.4 Å². The molecule has 4 fully saturated rings. The highest BCUT2D eigenvalue weighted by Crippen LogP contribution is 2.53. The summed E-state index contributed by atoms with van der Waals surface area (Å²) < 4.78 is 10.5. The quantitative estimate of drug-likeness (QED) is 0.127. The highest BCUT2D eigenvalue weighted by atomic mass is 16.5. The lowest BCUT2D eigenvalue weighted by molar-refractivity contribution is 0.0944. The van der Waals surface area contributed by atoms with E-state index in [0.717, 1.165) is 86.1 Å². The second-order valence-corrected chi connectivity index (χ2v) is 24.6. The Morgan fingerprint density at radius 2 is 0.868 bits per heavy atom. The Hall–Kier alpha value is -0.0800. The molecule has 422 valence electrons. The van der Waals surface area contributed by atoms with Crippen LogP contribution in [-0.4, -0.2) is 26.4 Å². The van der Waals surface area contributed by atoms with Crippen LogP contribution in [0.1, 0.15) is 353 Å². The summed E-state index contributed by atoms with van der Waals surface area (Å²) in [5, 5.41) is 0. The van der Waals surface area contributed by atoms with Crippen LogP contribution in [0, 0.1) is 52.3 Å². The van der Waals surface area contributed by atoms with Gasteiger partial charge in [-0.15, -0.1) is 0 Å². The summed E-state index contributed by atoms with van der Waals surface area (Å²) in [4.78, 5) is 0. The monoisotopic (exact) mass is 971 g/mol. The molecular weight excluding hydrogens is 825 g/mol. The standard InChI is InChI=1S/C11H24O.C8H14.C7H14.C7H16.C6H12.C6H14.C5H12O.2C5H12.C4H10.C2H6/c1-4-7-8-11(6-3)10-12-9-5-2;1-8-4-2-7(6-8)3-5-8;1-7-5-3-2-4-6-7;1-3-5-7-6-4-2;1-6-4-2-3-5-6;1-4-5-6(2)3;1-3-5-6-4-2;1-5(2,3)4;1-4-5(2)3;1-4(2)3;1-2/h11H,4-10H2,1-3H3;7H,2-6H2,1H3;7H,2-6H2,1H3;3-7H2,1-2H3;6H,2-5H2,1H3;6H,4-5H2,1-3H3;3-5H2,1-2H3;1-4H3;5H,4H2,1-3H3;4H,1-3H3;1-2H3. The van der Waals surface area contributed by atoms with Gasteiger partial charge in [-0.1, -0.05) is 295 Å². The summed E-state index contributed by atoms with van der Waals surface area (Å²) in [7, 11) is 0. The van der Waals surface area contributed by atoms with E-state index in [1.165, 1.54) is 161 Å². The van der Waals surface area contributed by atoms with Crippen LogP contribution in [0.15, 0.2) is 0 Å². The molecule has 0 spiro atoms. The molecule has 0 heterocycles. The maximum atomic E-state index is 5.53. The Labute approximate surface area is 439 Å². The smallest absolute Gasteiger partial charge is 0.0494 e. The molecule has 2 nitrogen and oxygen atoms in total. The summed E-state index contributed by atoms with van der Waals surface area (Å²) in [6.45, 7) is 58.7. The van der Waals surface area contributed by atoms with Crippen molar-refractivity contribution in [2.24, 2.45) is 52.3 Å². The fourth-order valence-electron chi connectivity index (χ4n) is 7.75. The van der Waals surface area contributed by atoms with Crippen molar-refractivity contribution in [1.82, 2.24) is 0 Å². The molecular formula is C66H146O2. The molecule has 0 saturated heterocycles.